The van der Waals surface area contributed by atoms with Crippen molar-refractivity contribution in [3.63, 3.8) is 0 Å². The third kappa shape index (κ3) is 2.25. The molecule has 2 amide bonds. The Labute approximate surface area is 179 Å². The number of amides is 2. The van der Waals surface area contributed by atoms with E-state index in [9.17, 15) is 19.5 Å². The van der Waals surface area contributed by atoms with Crippen molar-refractivity contribution in [2.45, 2.75) is 35.8 Å². The molecule has 1 fully saturated rings. The molecule has 1 saturated heterocycles. The van der Waals surface area contributed by atoms with Gasteiger partial charge in [-0.25, -0.2) is 9.59 Å². The molecule has 0 aromatic heterocycles. The Morgan fingerprint density at radius 3 is 2.61 bits per heavy atom. The van der Waals surface area contributed by atoms with Gasteiger partial charge in [0.25, 0.3) is 0 Å². The lowest BCUT2D eigenvalue weighted by molar-refractivity contribution is -0.139. The lowest BCUT2D eigenvalue weighted by Gasteiger charge is -2.51. The molecule has 4 heterocycles. The molecule has 0 saturated carbocycles. The normalized spacial score (nSPS) is 34.0. The fourth-order valence-corrected chi connectivity index (χ4v) is 6.07. The molecule has 1 aromatic carbocycles. The maximum Gasteiger partial charge on any atom is 0.414 e. The van der Waals surface area contributed by atoms with Gasteiger partial charge in [-0.3, -0.25) is 9.69 Å². The minimum absolute atomic E-state index is 0.104. The molecule has 1 aromatic rings. The molecule has 2 spiro atoms. The van der Waals surface area contributed by atoms with Gasteiger partial charge < -0.3 is 19.5 Å². The first-order chi connectivity index (χ1) is 14.8. The summed E-state index contributed by atoms with van der Waals surface area (Å²) < 4.78 is 10.3. The van der Waals surface area contributed by atoms with E-state index in [2.05, 4.69) is 0 Å². The quantitative estimate of drug-likeness (QED) is 0.544. The van der Waals surface area contributed by atoms with Crippen LogP contribution in [0.25, 0.3) is 0 Å². The number of hydrogen-bond acceptors (Lipinski definition) is 6. The molecule has 31 heavy (non-hydrogen) atoms. The molecular weight excluding hydrogens is 400 g/mol. The maximum absolute atomic E-state index is 14.0. The second-order valence-corrected chi connectivity index (χ2v) is 8.53. The summed E-state index contributed by atoms with van der Waals surface area (Å²) in [6.45, 7) is 0.821. The molecule has 5 aliphatic rings. The van der Waals surface area contributed by atoms with Crippen LogP contribution in [0.4, 0.5) is 10.5 Å². The molecular formula is C23H24N2O6. The van der Waals surface area contributed by atoms with Gasteiger partial charge in [0.05, 0.1) is 25.5 Å². The van der Waals surface area contributed by atoms with Crippen LogP contribution in [0.2, 0.25) is 0 Å². The monoisotopic (exact) mass is 424 g/mol. The summed E-state index contributed by atoms with van der Waals surface area (Å²) in [4.78, 5) is 43.6. The summed E-state index contributed by atoms with van der Waals surface area (Å²) in [5, 5.41) is 11.2. The molecule has 1 N–H and O–H groups in total. The number of carbonyl (C=O) groups is 3. The Balaban J connectivity index is 1.92. The summed E-state index contributed by atoms with van der Waals surface area (Å²) in [7, 11) is 2.53. The van der Waals surface area contributed by atoms with Crippen molar-refractivity contribution in [1.82, 2.24) is 4.90 Å². The number of hydrogen-bond donors (Lipinski definition) is 1. The maximum atomic E-state index is 14.0. The Kier molecular flexibility index (Phi) is 4.11. The number of methoxy groups -OCH3 is 2. The Hall–Kier alpha value is -3.13. The summed E-state index contributed by atoms with van der Waals surface area (Å²) in [5.41, 5.74) is -2.58. The van der Waals surface area contributed by atoms with E-state index >= 15 is 0 Å². The number of para-hydroxylation sites is 1. The zero-order valence-electron chi connectivity index (χ0n) is 17.5. The van der Waals surface area contributed by atoms with Crippen molar-refractivity contribution in [3.8, 4) is 0 Å². The highest BCUT2D eigenvalue weighted by Gasteiger charge is 2.73. The van der Waals surface area contributed by atoms with Crippen LogP contribution < -0.4 is 4.90 Å². The average molecular weight is 424 g/mol. The minimum atomic E-state index is -1.38. The van der Waals surface area contributed by atoms with Gasteiger partial charge in [-0.05, 0) is 37.0 Å². The number of benzene rings is 1. The fraction of sp³-hybridized carbons (Fsp3) is 0.435. The van der Waals surface area contributed by atoms with E-state index in [-0.39, 0.29) is 24.3 Å². The predicted molar refractivity (Wildman–Crippen MR) is 110 cm³/mol. The van der Waals surface area contributed by atoms with Crippen molar-refractivity contribution in [1.29, 1.82) is 0 Å². The number of esters is 1. The number of ether oxygens (including phenoxy) is 2. The molecule has 8 nitrogen and oxygen atoms in total. The topological polar surface area (TPSA) is 96.4 Å². The van der Waals surface area contributed by atoms with Gasteiger partial charge in [-0.2, -0.15) is 0 Å². The second kappa shape index (κ2) is 6.43. The molecule has 6 rings (SSSR count). The molecule has 0 radical (unpaired) electrons. The number of carbonyl (C=O) groups excluding carboxylic acids is 3. The Morgan fingerprint density at radius 2 is 1.87 bits per heavy atom. The lowest BCUT2D eigenvalue weighted by atomic mass is 9.57. The van der Waals surface area contributed by atoms with Crippen molar-refractivity contribution in [2.24, 2.45) is 0 Å². The average Bonchev–Trinajstić information content (AvgIpc) is 3.22. The summed E-state index contributed by atoms with van der Waals surface area (Å²) in [5.74, 6) is -0.822. The highest BCUT2D eigenvalue weighted by atomic mass is 16.5. The Morgan fingerprint density at radius 1 is 1.10 bits per heavy atom. The number of fused-ring (bicyclic) bond motifs is 3. The van der Waals surface area contributed by atoms with Crippen LogP contribution in [0.3, 0.4) is 0 Å². The van der Waals surface area contributed by atoms with Gasteiger partial charge in [0.15, 0.2) is 0 Å². The van der Waals surface area contributed by atoms with Crippen molar-refractivity contribution >= 4 is 23.7 Å². The lowest BCUT2D eigenvalue weighted by Crippen LogP contribution is -2.67. The predicted octanol–water partition coefficient (Wildman–Crippen LogP) is 1.68. The molecule has 3 atom stereocenters. The van der Waals surface area contributed by atoms with Crippen LogP contribution in [0.15, 0.2) is 48.1 Å². The van der Waals surface area contributed by atoms with E-state index in [0.29, 0.717) is 30.8 Å². The number of anilines is 1. The highest BCUT2D eigenvalue weighted by molar-refractivity contribution is 6.09. The van der Waals surface area contributed by atoms with Crippen molar-refractivity contribution < 1.29 is 29.0 Å². The molecule has 0 unspecified atom stereocenters. The van der Waals surface area contributed by atoms with Crippen LogP contribution in [0.1, 0.15) is 24.8 Å². The summed E-state index contributed by atoms with van der Waals surface area (Å²) in [6, 6.07) is 7.24. The minimum Gasteiger partial charge on any atom is -0.466 e. The molecule has 4 aliphatic heterocycles. The van der Waals surface area contributed by atoms with Gasteiger partial charge in [0.1, 0.15) is 16.6 Å². The smallest absolute Gasteiger partial charge is 0.414 e. The number of nitrogens with zero attached hydrogens (tertiary/aromatic N) is 2. The summed E-state index contributed by atoms with van der Waals surface area (Å²) >= 11 is 0. The van der Waals surface area contributed by atoms with E-state index in [1.54, 1.807) is 29.2 Å². The van der Waals surface area contributed by atoms with Crippen LogP contribution >= 0.6 is 0 Å². The van der Waals surface area contributed by atoms with Gasteiger partial charge in [0.2, 0.25) is 5.91 Å². The molecule has 8 heteroatoms. The van der Waals surface area contributed by atoms with Gasteiger partial charge in [-0.15, -0.1) is 0 Å². The third-order valence-corrected chi connectivity index (χ3v) is 7.32. The van der Waals surface area contributed by atoms with E-state index in [0.717, 1.165) is 0 Å². The first kappa shape index (κ1) is 19.8. The van der Waals surface area contributed by atoms with Gasteiger partial charge in [-0.1, -0.05) is 30.4 Å². The SMILES string of the molecule is COC(=O)C1=C[C@]2(O)/C=C\CN3CC[C@]4(C3=O)c3ccccc3N(C(=O)OC)[C@]14CC2. The zero-order chi connectivity index (χ0) is 22.0. The van der Waals surface area contributed by atoms with Crippen molar-refractivity contribution in [3.05, 3.63) is 53.6 Å². The van der Waals surface area contributed by atoms with E-state index in [4.69, 9.17) is 9.47 Å². The first-order valence-electron chi connectivity index (χ1n) is 10.3. The highest BCUT2D eigenvalue weighted by Crippen LogP contribution is 2.63. The van der Waals surface area contributed by atoms with Gasteiger partial charge in [0, 0.05) is 13.1 Å². The fourth-order valence-electron chi connectivity index (χ4n) is 6.07. The second-order valence-electron chi connectivity index (χ2n) is 8.53. The molecule has 1 aliphatic carbocycles. The van der Waals surface area contributed by atoms with E-state index < -0.39 is 28.6 Å². The zero-order valence-corrected chi connectivity index (χ0v) is 17.5. The Bertz CT molecular complexity index is 1060. The van der Waals surface area contributed by atoms with Crippen LogP contribution in [0, 0.1) is 0 Å². The number of rotatable bonds is 1. The number of aliphatic hydroxyl groups is 1. The third-order valence-electron chi connectivity index (χ3n) is 7.32. The van der Waals surface area contributed by atoms with E-state index in [1.807, 2.05) is 12.1 Å². The van der Waals surface area contributed by atoms with Gasteiger partial charge >= 0.3 is 12.1 Å². The summed E-state index contributed by atoms with van der Waals surface area (Å²) in [6.07, 6.45) is 5.04. The molecule has 4 bridgehead atoms. The van der Waals surface area contributed by atoms with Crippen LogP contribution in [0.5, 0.6) is 0 Å². The van der Waals surface area contributed by atoms with Crippen molar-refractivity contribution in [2.75, 3.05) is 32.2 Å². The van der Waals surface area contributed by atoms with Crippen LogP contribution in [-0.4, -0.2) is 66.4 Å². The standard InChI is InChI=1S/C23H24N2O6/c1-30-18(26)16-14-21(29)8-5-12-24-13-11-22(19(24)27)15-6-3-4-7-17(15)25(20(28)31-2)23(16,22)10-9-21/h3-8,14,29H,9-13H2,1-2H3/b8-5-/t21-,22+,23+/m0/s1. The van der Waals surface area contributed by atoms with E-state index in [1.165, 1.54) is 25.2 Å². The largest absolute Gasteiger partial charge is 0.466 e. The molecule has 162 valence electrons. The first-order valence-corrected chi connectivity index (χ1v) is 10.3. The van der Waals surface area contributed by atoms with Crippen LogP contribution in [-0.2, 0) is 24.5 Å².